The molecule has 74 valence electrons. The molecular formula is C12H8S3. The summed E-state index contributed by atoms with van der Waals surface area (Å²) in [6, 6.07) is 17.1. The maximum atomic E-state index is 2.20. The Kier molecular flexibility index (Phi) is 2.69. The van der Waals surface area contributed by atoms with Gasteiger partial charge in [0.2, 0.25) is 0 Å². The predicted octanol–water partition coefficient (Wildman–Crippen LogP) is 5.11. The highest BCUT2D eigenvalue weighted by atomic mass is 33.5. The molecule has 2 aromatic carbocycles. The average molecular weight is 248 g/mol. The SMILES string of the molecule is c1ccc(-c2cccc3c2SSS3)cc1. The van der Waals surface area contributed by atoms with Gasteiger partial charge in [-0.1, -0.05) is 42.5 Å². The molecule has 0 unspecified atom stereocenters. The van der Waals surface area contributed by atoms with Gasteiger partial charge < -0.3 is 0 Å². The summed E-state index contributed by atoms with van der Waals surface area (Å²) in [7, 11) is 5.57. The van der Waals surface area contributed by atoms with Gasteiger partial charge in [0.1, 0.15) is 0 Å². The average Bonchev–Trinajstić information content (AvgIpc) is 2.78. The maximum absolute atomic E-state index is 2.20. The zero-order valence-corrected chi connectivity index (χ0v) is 10.3. The van der Waals surface area contributed by atoms with E-state index in [2.05, 4.69) is 48.5 Å². The van der Waals surface area contributed by atoms with E-state index in [-0.39, 0.29) is 0 Å². The van der Waals surface area contributed by atoms with Gasteiger partial charge in [0, 0.05) is 9.79 Å². The van der Waals surface area contributed by atoms with E-state index >= 15 is 0 Å². The quantitative estimate of drug-likeness (QED) is 0.643. The standard InChI is InChI=1S/C12H8S3/c1-2-5-9(6-3-1)10-7-4-8-11-12(10)14-15-13-11/h1-8H. The molecule has 1 aliphatic rings. The molecule has 0 nitrogen and oxygen atoms in total. The highest BCUT2D eigenvalue weighted by molar-refractivity contribution is 9.10. The van der Waals surface area contributed by atoms with Crippen LogP contribution < -0.4 is 0 Å². The van der Waals surface area contributed by atoms with Crippen LogP contribution in [0.25, 0.3) is 11.1 Å². The van der Waals surface area contributed by atoms with Crippen molar-refractivity contribution in [3.05, 3.63) is 48.5 Å². The van der Waals surface area contributed by atoms with Crippen LogP contribution in [0.3, 0.4) is 0 Å². The van der Waals surface area contributed by atoms with Crippen molar-refractivity contribution in [2.45, 2.75) is 9.79 Å². The topological polar surface area (TPSA) is 0 Å². The van der Waals surface area contributed by atoms with E-state index in [1.807, 2.05) is 31.4 Å². The van der Waals surface area contributed by atoms with Crippen molar-refractivity contribution in [3.63, 3.8) is 0 Å². The van der Waals surface area contributed by atoms with Crippen LogP contribution in [0.1, 0.15) is 0 Å². The molecule has 0 saturated carbocycles. The fourth-order valence-electron chi connectivity index (χ4n) is 1.60. The van der Waals surface area contributed by atoms with Gasteiger partial charge in [0.15, 0.2) is 0 Å². The summed E-state index contributed by atoms with van der Waals surface area (Å²) in [4.78, 5) is 2.81. The highest BCUT2D eigenvalue weighted by Crippen LogP contribution is 2.58. The fraction of sp³-hybridized carbons (Fsp3) is 0. The first-order valence-corrected chi connectivity index (χ1v) is 8.13. The maximum Gasteiger partial charge on any atom is 0.0414 e. The molecule has 3 heteroatoms. The van der Waals surface area contributed by atoms with Gasteiger partial charge in [-0.25, -0.2) is 0 Å². The molecule has 0 amide bonds. The molecule has 0 saturated heterocycles. The van der Waals surface area contributed by atoms with Gasteiger partial charge in [-0.3, -0.25) is 0 Å². The summed E-state index contributed by atoms with van der Waals surface area (Å²) in [6.07, 6.45) is 0. The summed E-state index contributed by atoms with van der Waals surface area (Å²) in [6.45, 7) is 0. The van der Waals surface area contributed by atoms with Gasteiger partial charge in [-0.2, -0.15) is 0 Å². The molecule has 15 heavy (non-hydrogen) atoms. The number of hydrogen-bond donors (Lipinski definition) is 0. The minimum atomic E-state index is 1.31. The van der Waals surface area contributed by atoms with Crippen molar-refractivity contribution in [1.82, 2.24) is 0 Å². The molecule has 2 aromatic rings. The Balaban J connectivity index is 2.17. The summed E-state index contributed by atoms with van der Waals surface area (Å²) < 4.78 is 0. The third-order valence-electron chi connectivity index (χ3n) is 2.30. The molecular weight excluding hydrogens is 240 g/mol. The second-order valence-corrected chi connectivity index (χ2v) is 7.18. The molecule has 0 atom stereocenters. The van der Waals surface area contributed by atoms with Gasteiger partial charge in [-0.15, -0.1) is 0 Å². The van der Waals surface area contributed by atoms with Crippen molar-refractivity contribution < 1.29 is 0 Å². The van der Waals surface area contributed by atoms with Crippen molar-refractivity contribution >= 4 is 31.4 Å². The smallest absolute Gasteiger partial charge is 0.0414 e. The first kappa shape index (κ1) is 9.70. The van der Waals surface area contributed by atoms with Crippen molar-refractivity contribution in [2.75, 3.05) is 0 Å². The van der Waals surface area contributed by atoms with E-state index in [0.29, 0.717) is 0 Å². The van der Waals surface area contributed by atoms with E-state index in [1.54, 1.807) is 0 Å². The van der Waals surface area contributed by atoms with Gasteiger partial charge >= 0.3 is 0 Å². The Morgan fingerprint density at radius 2 is 1.60 bits per heavy atom. The molecule has 0 radical (unpaired) electrons. The second-order valence-electron chi connectivity index (χ2n) is 3.23. The molecule has 1 heterocycles. The zero-order valence-electron chi connectivity index (χ0n) is 7.84. The zero-order chi connectivity index (χ0) is 10.1. The number of fused-ring (bicyclic) bond motifs is 1. The van der Waals surface area contributed by atoms with Crippen LogP contribution in [0.4, 0.5) is 0 Å². The van der Waals surface area contributed by atoms with Crippen LogP contribution in [-0.2, 0) is 0 Å². The van der Waals surface area contributed by atoms with E-state index in [0.717, 1.165) is 0 Å². The molecule has 0 bridgehead atoms. The predicted molar refractivity (Wildman–Crippen MR) is 71.2 cm³/mol. The van der Waals surface area contributed by atoms with E-state index in [1.165, 1.54) is 20.9 Å². The molecule has 0 fully saturated rings. The number of rotatable bonds is 1. The minimum Gasteiger partial charge on any atom is -0.0622 e. The van der Waals surface area contributed by atoms with Gasteiger partial charge in [0.05, 0.1) is 0 Å². The number of hydrogen-bond acceptors (Lipinski definition) is 3. The molecule has 0 aliphatic carbocycles. The molecule has 0 spiro atoms. The van der Waals surface area contributed by atoms with Crippen molar-refractivity contribution in [3.8, 4) is 11.1 Å². The van der Waals surface area contributed by atoms with Gasteiger partial charge in [-0.05, 0) is 48.6 Å². The lowest BCUT2D eigenvalue weighted by molar-refractivity contribution is 1.27. The Labute approximate surface area is 101 Å². The van der Waals surface area contributed by atoms with Gasteiger partial charge in [0.25, 0.3) is 0 Å². The summed E-state index contributed by atoms with van der Waals surface area (Å²) in [5.41, 5.74) is 2.67. The summed E-state index contributed by atoms with van der Waals surface area (Å²) in [5, 5.41) is 0. The largest absolute Gasteiger partial charge is 0.0622 e. The minimum absolute atomic E-state index is 1.31. The highest BCUT2D eigenvalue weighted by Gasteiger charge is 2.17. The van der Waals surface area contributed by atoms with E-state index in [9.17, 15) is 0 Å². The lowest BCUT2D eigenvalue weighted by atomic mass is 10.1. The molecule has 0 N–H and O–H groups in total. The first-order chi connectivity index (χ1) is 7.45. The summed E-state index contributed by atoms with van der Waals surface area (Å²) >= 11 is 0. The fourth-order valence-corrected chi connectivity index (χ4v) is 6.15. The van der Waals surface area contributed by atoms with Crippen LogP contribution in [0, 0.1) is 0 Å². The van der Waals surface area contributed by atoms with E-state index in [4.69, 9.17) is 0 Å². The van der Waals surface area contributed by atoms with Crippen LogP contribution in [0.5, 0.6) is 0 Å². The Bertz CT molecular complexity index is 479. The van der Waals surface area contributed by atoms with Crippen LogP contribution in [0.15, 0.2) is 58.3 Å². The Morgan fingerprint density at radius 3 is 2.47 bits per heavy atom. The third-order valence-corrected chi connectivity index (χ3v) is 6.37. The third kappa shape index (κ3) is 1.80. The van der Waals surface area contributed by atoms with Crippen LogP contribution in [-0.4, -0.2) is 0 Å². The molecule has 1 aliphatic heterocycles. The lowest BCUT2D eigenvalue weighted by Gasteiger charge is -2.05. The lowest BCUT2D eigenvalue weighted by Crippen LogP contribution is -1.80. The number of benzene rings is 2. The summed E-state index contributed by atoms with van der Waals surface area (Å²) in [5.74, 6) is 0. The second kappa shape index (κ2) is 4.16. The Morgan fingerprint density at radius 1 is 0.733 bits per heavy atom. The normalized spacial score (nSPS) is 13.9. The van der Waals surface area contributed by atoms with Crippen LogP contribution in [0.2, 0.25) is 0 Å². The van der Waals surface area contributed by atoms with E-state index < -0.39 is 0 Å². The van der Waals surface area contributed by atoms with Crippen molar-refractivity contribution in [1.29, 1.82) is 0 Å². The first-order valence-electron chi connectivity index (χ1n) is 4.65. The molecule has 0 aromatic heterocycles. The monoisotopic (exact) mass is 248 g/mol. The van der Waals surface area contributed by atoms with Crippen molar-refractivity contribution in [2.24, 2.45) is 0 Å². The Hall–Kier alpha value is -0.510. The molecule has 3 rings (SSSR count). The van der Waals surface area contributed by atoms with Crippen LogP contribution >= 0.6 is 31.4 Å².